The number of carbonyl (C=O) groups is 2. The highest BCUT2D eigenvalue weighted by atomic mass is 32.2. The summed E-state index contributed by atoms with van der Waals surface area (Å²) in [5.41, 5.74) is 1.16. The van der Waals surface area contributed by atoms with Gasteiger partial charge in [-0.1, -0.05) is 18.2 Å². The smallest absolute Gasteiger partial charge is 0.331 e. The van der Waals surface area contributed by atoms with Gasteiger partial charge in [0.1, 0.15) is 5.01 Å². The lowest BCUT2D eigenvalue weighted by Crippen LogP contribution is -2.28. The lowest BCUT2D eigenvalue weighted by Gasteiger charge is -2.16. The van der Waals surface area contributed by atoms with E-state index in [1.54, 1.807) is 12.1 Å². The van der Waals surface area contributed by atoms with Crippen LogP contribution >= 0.6 is 11.3 Å². The average molecular weight is 472 g/mol. The van der Waals surface area contributed by atoms with Crippen LogP contribution in [0.3, 0.4) is 0 Å². The summed E-state index contributed by atoms with van der Waals surface area (Å²) in [5.74, 6) is -1.24. The first kappa shape index (κ1) is 22.1. The Kier molecular flexibility index (Phi) is 6.63. The van der Waals surface area contributed by atoms with Gasteiger partial charge >= 0.3 is 5.97 Å². The maximum Gasteiger partial charge on any atom is 0.331 e. The number of carbonyl (C=O) groups excluding carboxylic acids is 2. The van der Waals surface area contributed by atoms with Crippen LogP contribution in [0.25, 0.3) is 16.3 Å². The van der Waals surface area contributed by atoms with Crippen molar-refractivity contribution in [1.29, 1.82) is 0 Å². The summed E-state index contributed by atoms with van der Waals surface area (Å²) in [6.07, 6.45) is 4.44. The first-order valence-corrected chi connectivity index (χ1v) is 12.3. The summed E-state index contributed by atoms with van der Waals surface area (Å²) in [6.45, 7) is 0.505. The van der Waals surface area contributed by atoms with Gasteiger partial charge in [-0.05, 0) is 49.2 Å². The number of nitrogens with one attached hydrogen (secondary N) is 1. The van der Waals surface area contributed by atoms with Gasteiger partial charge in [0.05, 0.1) is 15.1 Å². The summed E-state index contributed by atoms with van der Waals surface area (Å²) in [7, 11) is -3.58. The predicted octanol–water partition coefficient (Wildman–Crippen LogP) is 3.28. The lowest BCUT2D eigenvalue weighted by atomic mass is 10.3. The molecule has 1 amide bonds. The second kappa shape index (κ2) is 9.60. The molecule has 2 heterocycles. The number of rotatable bonds is 7. The molecule has 32 heavy (non-hydrogen) atoms. The van der Waals surface area contributed by atoms with E-state index < -0.39 is 28.5 Å². The number of aromatic nitrogens is 1. The minimum absolute atomic E-state index is 0.118. The maximum atomic E-state index is 12.7. The first-order chi connectivity index (χ1) is 15.4. The van der Waals surface area contributed by atoms with Gasteiger partial charge in [-0.25, -0.2) is 18.2 Å². The Morgan fingerprint density at radius 2 is 1.91 bits per heavy atom. The molecule has 1 N–H and O–H groups in total. The van der Waals surface area contributed by atoms with Crippen molar-refractivity contribution < 1.29 is 22.7 Å². The number of hydrogen-bond acceptors (Lipinski definition) is 7. The van der Waals surface area contributed by atoms with Crippen molar-refractivity contribution in [2.24, 2.45) is 0 Å². The quantitative estimate of drug-likeness (QED) is 0.419. The Labute approximate surface area is 189 Å². The van der Waals surface area contributed by atoms with E-state index >= 15 is 0 Å². The number of esters is 1. The van der Waals surface area contributed by atoms with E-state index in [4.69, 9.17) is 4.74 Å². The highest BCUT2D eigenvalue weighted by molar-refractivity contribution is 7.89. The number of benzene rings is 2. The molecular weight excluding hydrogens is 450 g/mol. The fourth-order valence-electron chi connectivity index (χ4n) is 3.29. The molecule has 1 fully saturated rings. The van der Waals surface area contributed by atoms with Gasteiger partial charge in [-0.15, -0.1) is 11.3 Å². The van der Waals surface area contributed by atoms with E-state index in [0.717, 1.165) is 23.1 Å². The zero-order chi connectivity index (χ0) is 22.6. The number of hydrogen-bond donors (Lipinski definition) is 1. The van der Waals surface area contributed by atoms with Gasteiger partial charge in [0.2, 0.25) is 10.0 Å². The van der Waals surface area contributed by atoms with Crippen molar-refractivity contribution in [1.82, 2.24) is 9.29 Å². The Bertz CT molecular complexity index is 1240. The second-order valence-corrected chi connectivity index (χ2v) is 10.1. The van der Waals surface area contributed by atoms with Gasteiger partial charge in [-0.3, -0.25) is 4.79 Å². The van der Waals surface area contributed by atoms with Crippen LogP contribution in [0.15, 0.2) is 59.5 Å². The molecular formula is C22H21N3O5S2. The molecule has 0 atom stereocenters. The molecule has 1 aliphatic rings. The molecule has 10 heteroatoms. The Hall–Kier alpha value is -3.08. The lowest BCUT2D eigenvalue weighted by molar-refractivity contribution is -0.142. The second-order valence-electron chi connectivity index (χ2n) is 7.15. The number of amides is 1. The summed E-state index contributed by atoms with van der Waals surface area (Å²) in [4.78, 5) is 28.6. The van der Waals surface area contributed by atoms with E-state index in [0.29, 0.717) is 23.8 Å². The van der Waals surface area contributed by atoms with Crippen LogP contribution in [0, 0.1) is 0 Å². The van der Waals surface area contributed by atoms with Crippen molar-refractivity contribution in [3.63, 3.8) is 0 Å². The zero-order valence-electron chi connectivity index (χ0n) is 17.1. The summed E-state index contributed by atoms with van der Waals surface area (Å²) in [6, 6.07) is 13.7. The summed E-state index contributed by atoms with van der Waals surface area (Å²) < 4.78 is 32.7. The average Bonchev–Trinajstić information content (AvgIpc) is 3.46. The molecule has 1 saturated heterocycles. The fraction of sp³-hybridized carbons (Fsp3) is 0.227. The van der Waals surface area contributed by atoms with E-state index in [1.807, 2.05) is 24.3 Å². The maximum absolute atomic E-state index is 12.7. The summed E-state index contributed by atoms with van der Waals surface area (Å²) >= 11 is 1.44. The van der Waals surface area contributed by atoms with Crippen LogP contribution in [0.1, 0.15) is 17.8 Å². The van der Waals surface area contributed by atoms with E-state index in [9.17, 15) is 18.0 Å². The minimum Gasteiger partial charge on any atom is -0.452 e. The van der Waals surface area contributed by atoms with Crippen molar-refractivity contribution in [2.75, 3.05) is 25.0 Å². The van der Waals surface area contributed by atoms with Crippen LogP contribution in [-0.4, -0.2) is 49.3 Å². The number of sulfonamides is 1. The van der Waals surface area contributed by atoms with Crippen molar-refractivity contribution >= 4 is 55.2 Å². The molecule has 166 valence electrons. The predicted molar refractivity (Wildman–Crippen MR) is 123 cm³/mol. The van der Waals surface area contributed by atoms with Crippen molar-refractivity contribution in [3.05, 3.63) is 59.6 Å². The molecule has 2 aromatic carbocycles. The Balaban J connectivity index is 1.31. The Morgan fingerprint density at radius 3 is 2.69 bits per heavy atom. The van der Waals surface area contributed by atoms with Crippen LogP contribution in [0.2, 0.25) is 0 Å². The van der Waals surface area contributed by atoms with Crippen LogP contribution in [0.4, 0.5) is 5.69 Å². The topological polar surface area (TPSA) is 106 Å². The van der Waals surface area contributed by atoms with Crippen molar-refractivity contribution in [3.8, 4) is 0 Å². The van der Waals surface area contributed by atoms with E-state index in [-0.39, 0.29) is 4.90 Å². The number of ether oxygens (including phenoxy) is 1. The molecule has 3 aromatic rings. The molecule has 0 radical (unpaired) electrons. The zero-order valence-corrected chi connectivity index (χ0v) is 18.7. The highest BCUT2D eigenvalue weighted by Gasteiger charge is 2.27. The number of para-hydroxylation sites is 1. The molecule has 1 aromatic heterocycles. The SMILES string of the molecule is O=C(COC(=O)/C=C/c1nc2ccccc2s1)Nc1cccc(S(=O)(=O)N2CCCC2)c1. The van der Waals surface area contributed by atoms with Crippen LogP contribution in [-0.2, 0) is 24.3 Å². The molecule has 1 aliphatic heterocycles. The molecule has 0 saturated carbocycles. The van der Waals surface area contributed by atoms with Gasteiger partial charge in [0.25, 0.3) is 5.91 Å². The van der Waals surface area contributed by atoms with Gasteiger partial charge < -0.3 is 10.1 Å². The third kappa shape index (κ3) is 5.21. The number of thiazole rings is 1. The van der Waals surface area contributed by atoms with Gasteiger partial charge in [0.15, 0.2) is 6.61 Å². The summed E-state index contributed by atoms with van der Waals surface area (Å²) in [5, 5.41) is 3.21. The highest BCUT2D eigenvalue weighted by Crippen LogP contribution is 2.24. The first-order valence-electron chi connectivity index (χ1n) is 10.0. The standard InChI is InChI=1S/C22H21N3O5S2/c26-20(15-30-22(27)11-10-21-24-18-8-1-2-9-19(18)31-21)23-16-6-5-7-17(14-16)32(28,29)25-12-3-4-13-25/h1-2,5-11,14H,3-4,12-13,15H2,(H,23,26)/b11-10+. The molecule has 0 aliphatic carbocycles. The molecule has 0 spiro atoms. The monoisotopic (exact) mass is 471 g/mol. The third-order valence-corrected chi connectivity index (χ3v) is 7.73. The third-order valence-electron chi connectivity index (χ3n) is 4.84. The molecule has 0 unspecified atom stereocenters. The van der Waals surface area contributed by atoms with Gasteiger partial charge in [0, 0.05) is 24.9 Å². The van der Waals surface area contributed by atoms with E-state index in [1.165, 1.54) is 39.9 Å². The van der Waals surface area contributed by atoms with E-state index in [2.05, 4.69) is 10.3 Å². The normalized spacial score (nSPS) is 14.8. The molecule has 0 bridgehead atoms. The molecule has 4 rings (SSSR count). The number of fused-ring (bicyclic) bond motifs is 1. The minimum atomic E-state index is -3.58. The van der Waals surface area contributed by atoms with Crippen LogP contribution < -0.4 is 5.32 Å². The largest absolute Gasteiger partial charge is 0.452 e. The Morgan fingerprint density at radius 1 is 1.12 bits per heavy atom. The number of nitrogens with zero attached hydrogens (tertiary/aromatic N) is 2. The van der Waals surface area contributed by atoms with Crippen molar-refractivity contribution in [2.45, 2.75) is 17.7 Å². The number of anilines is 1. The molecule has 8 nitrogen and oxygen atoms in total. The fourth-order valence-corrected chi connectivity index (χ4v) is 5.73. The van der Waals surface area contributed by atoms with Gasteiger partial charge in [-0.2, -0.15) is 4.31 Å². The van der Waals surface area contributed by atoms with Crippen LogP contribution in [0.5, 0.6) is 0 Å².